The van der Waals surface area contributed by atoms with E-state index in [2.05, 4.69) is 5.32 Å². The quantitative estimate of drug-likeness (QED) is 0.441. The highest BCUT2D eigenvalue weighted by Crippen LogP contribution is 2.46. The first kappa shape index (κ1) is 20.1. The van der Waals surface area contributed by atoms with Crippen LogP contribution in [0.2, 0.25) is 0 Å². The maximum Gasteiger partial charge on any atom is 0.331 e. The Morgan fingerprint density at radius 2 is 1.94 bits per heavy atom. The Bertz CT molecular complexity index is 1140. The number of hydrogen-bond acceptors (Lipinski definition) is 7. The van der Waals surface area contributed by atoms with E-state index in [0.717, 1.165) is 16.2 Å². The molecule has 2 unspecified atom stereocenters. The minimum Gasteiger partial charge on any atom is -0.377 e. The number of nitro groups is 1. The first-order valence-electron chi connectivity index (χ1n) is 10.2. The van der Waals surface area contributed by atoms with Crippen LogP contribution in [-0.4, -0.2) is 53.5 Å². The van der Waals surface area contributed by atoms with Gasteiger partial charge < -0.3 is 9.64 Å². The monoisotopic (exact) mass is 436 g/mol. The summed E-state index contributed by atoms with van der Waals surface area (Å²) in [5.41, 5.74) is 0.248. The van der Waals surface area contributed by atoms with Crippen LogP contribution in [0.25, 0.3) is 0 Å². The van der Waals surface area contributed by atoms with Crippen LogP contribution >= 0.6 is 0 Å². The van der Waals surface area contributed by atoms with Crippen molar-refractivity contribution in [2.24, 2.45) is 5.41 Å². The summed E-state index contributed by atoms with van der Waals surface area (Å²) in [5.74, 6) is -1.32. The standard InChI is InChI=1S/C22H20N4O6/c27-19-22(20(28)25(21(29)23-19)12-14-4-2-1-3-5-14)11-15-10-16(26(30)31)6-7-17(15)24-8-9-32-13-18(22)24/h1-7,10,18H,8-9,11-13H2,(H,23,27,29). The average Bonchev–Trinajstić information content (AvgIpc) is 2.80. The summed E-state index contributed by atoms with van der Waals surface area (Å²) in [6.07, 6.45) is -0.0578. The average molecular weight is 436 g/mol. The summed E-state index contributed by atoms with van der Waals surface area (Å²) < 4.78 is 5.63. The zero-order chi connectivity index (χ0) is 22.5. The van der Waals surface area contributed by atoms with Crippen LogP contribution in [0.1, 0.15) is 11.1 Å². The molecule has 0 aromatic heterocycles. The Labute approximate surface area is 182 Å². The van der Waals surface area contributed by atoms with Gasteiger partial charge in [-0.1, -0.05) is 30.3 Å². The Hall–Kier alpha value is -3.79. The molecule has 0 saturated carbocycles. The van der Waals surface area contributed by atoms with Gasteiger partial charge in [-0.05, 0) is 17.2 Å². The number of nitrogens with zero attached hydrogens (tertiary/aromatic N) is 3. The van der Waals surface area contributed by atoms with Gasteiger partial charge in [-0.15, -0.1) is 0 Å². The van der Waals surface area contributed by atoms with Crippen LogP contribution in [0.3, 0.4) is 0 Å². The lowest BCUT2D eigenvalue weighted by atomic mass is 9.68. The van der Waals surface area contributed by atoms with Crippen molar-refractivity contribution in [3.63, 3.8) is 0 Å². The molecular formula is C22H20N4O6. The fourth-order valence-corrected chi connectivity index (χ4v) is 4.89. The lowest BCUT2D eigenvalue weighted by molar-refractivity contribution is -0.384. The summed E-state index contributed by atoms with van der Waals surface area (Å²) in [4.78, 5) is 53.5. The van der Waals surface area contributed by atoms with Crippen LogP contribution in [0, 0.1) is 15.5 Å². The smallest absolute Gasteiger partial charge is 0.331 e. The molecule has 1 N–H and O–H groups in total. The normalized spacial score (nSPS) is 24.8. The molecule has 1 spiro atoms. The number of morpholine rings is 1. The van der Waals surface area contributed by atoms with Gasteiger partial charge in [0.1, 0.15) is 0 Å². The highest BCUT2D eigenvalue weighted by atomic mass is 16.6. The fraction of sp³-hybridized carbons (Fsp3) is 0.318. The maximum atomic E-state index is 13.8. The molecule has 2 aromatic carbocycles. The number of amides is 4. The second-order valence-electron chi connectivity index (χ2n) is 8.14. The van der Waals surface area contributed by atoms with Gasteiger partial charge in [-0.3, -0.25) is 29.9 Å². The third-order valence-electron chi connectivity index (χ3n) is 6.43. The molecule has 10 heteroatoms. The van der Waals surface area contributed by atoms with Crippen LogP contribution < -0.4 is 10.2 Å². The van der Waals surface area contributed by atoms with Gasteiger partial charge in [0.25, 0.3) is 5.69 Å². The molecule has 0 bridgehead atoms. The zero-order valence-corrected chi connectivity index (χ0v) is 17.0. The van der Waals surface area contributed by atoms with Gasteiger partial charge >= 0.3 is 6.03 Å². The number of carbonyl (C=O) groups is 3. The number of rotatable bonds is 3. The molecule has 0 aliphatic carbocycles. The van der Waals surface area contributed by atoms with Crippen molar-refractivity contribution >= 4 is 29.2 Å². The van der Waals surface area contributed by atoms with E-state index in [1.807, 2.05) is 11.0 Å². The number of anilines is 1. The number of barbiturate groups is 1. The molecule has 4 amide bonds. The third kappa shape index (κ3) is 2.94. The summed E-state index contributed by atoms with van der Waals surface area (Å²) in [6, 6.07) is 12.1. The molecule has 32 heavy (non-hydrogen) atoms. The number of fused-ring (bicyclic) bond motifs is 4. The number of imide groups is 2. The third-order valence-corrected chi connectivity index (χ3v) is 6.43. The number of nitrogens with one attached hydrogen (secondary N) is 1. The van der Waals surface area contributed by atoms with E-state index in [4.69, 9.17) is 4.74 Å². The van der Waals surface area contributed by atoms with Crippen molar-refractivity contribution in [2.75, 3.05) is 24.7 Å². The predicted octanol–water partition coefficient (Wildman–Crippen LogP) is 1.62. The van der Waals surface area contributed by atoms with Gasteiger partial charge in [-0.25, -0.2) is 4.79 Å². The zero-order valence-electron chi connectivity index (χ0n) is 17.0. The van der Waals surface area contributed by atoms with E-state index < -0.39 is 34.2 Å². The number of benzene rings is 2. The van der Waals surface area contributed by atoms with Crippen molar-refractivity contribution < 1.29 is 24.0 Å². The van der Waals surface area contributed by atoms with Crippen LogP contribution in [0.15, 0.2) is 48.5 Å². The summed E-state index contributed by atoms with van der Waals surface area (Å²) >= 11 is 0. The van der Waals surface area contributed by atoms with Crippen molar-refractivity contribution in [3.05, 3.63) is 69.8 Å². The Morgan fingerprint density at radius 3 is 2.69 bits per heavy atom. The number of nitro benzene ring substituents is 1. The number of non-ortho nitro benzene ring substituents is 1. The molecule has 164 valence electrons. The lowest BCUT2D eigenvalue weighted by Gasteiger charge is -2.53. The largest absolute Gasteiger partial charge is 0.377 e. The highest BCUT2D eigenvalue weighted by molar-refractivity contribution is 6.20. The minimum absolute atomic E-state index is 0.00983. The van der Waals surface area contributed by atoms with Crippen molar-refractivity contribution in [1.29, 1.82) is 0 Å². The number of urea groups is 1. The molecule has 5 rings (SSSR count). The summed E-state index contributed by atoms with van der Waals surface area (Å²) in [5, 5.41) is 13.7. The molecule has 10 nitrogen and oxygen atoms in total. The van der Waals surface area contributed by atoms with Crippen molar-refractivity contribution in [3.8, 4) is 0 Å². The lowest BCUT2D eigenvalue weighted by Crippen LogP contribution is -2.73. The molecule has 2 atom stereocenters. The van der Waals surface area contributed by atoms with Gasteiger partial charge in [0.2, 0.25) is 11.8 Å². The number of hydrogen-bond donors (Lipinski definition) is 1. The second-order valence-corrected chi connectivity index (χ2v) is 8.14. The molecule has 3 aliphatic heterocycles. The first-order valence-corrected chi connectivity index (χ1v) is 10.2. The predicted molar refractivity (Wildman–Crippen MR) is 112 cm³/mol. The van der Waals surface area contributed by atoms with Crippen molar-refractivity contribution in [1.82, 2.24) is 10.2 Å². The maximum absolute atomic E-state index is 13.8. The highest BCUT2D eigenvalue weighted by Gasteiger charge is 2.62. The van der Waals surface area contributed by atoms with Gasteiger partial charge in [0, 0.05) is 30.8 Å². The fourth-order valence-electron chi connectivity index (χ4n) is 4.89. The van der Waals surface area contributed by atoms with Crippen molar-refractivity contribution in [2.45, 2.75) is 19.0 Å². The van der Waals surface area contributed by atoms with Gasteiger partial charge in [0.15, 0.2) is 5.41 Å². The van der Waals surface area contributed by atoms with E-state index in [0.29, 0.717) is 18.7 Å². The Kier molecular flexibility index (Phi) is 4.66. The SMILES string of the molecule is O=C1NC(=O)C2(Cc3cc([N+](=O)[O-])ccc3N3CCOCC32)C(=O)N1Cc1ccccc1. The molecule has 0 radical (unpaired) electrons. The number of ether oxygens (including phenoxy) is 1. The Balaban J connectivity index is 1.61. The van der Waals surface area contributed by atoms with E-state index >= 15 is 0 Å². The van der Waals surface area contributed by atoms with E-state index in [9.17, 15) is 24.5 Å². The molecular weight excluding hydrogens is 416 g/mol. The van der Waals surface area contributed by atoms with E-state index in [1.54, 1.807) is 30.3 Å². The topological polar surface area (TPSA) is 122 Å². The minimum atomic E-state index is -1.63. The molecule has 2 fully saturated rings. The van der Waals surface area contributed by atoms with Gasteiger partial charge in [-0.2, -0.15) is 0 Å². The first-order chi connectivity index (χ1) is 15.4. The molecule has 3 aliphatic rings. The van der Waals surface area contributed by atoms with Gasteiger partial charge in [0.05, 0.1) is 30.7 Å². The van der Waals surface area contributed by atoms with E-state index in [1.165, 1.54) is 12.1 Å². The summed E-state index contributed by atoms with van der Waals surface area (Å²) in [7, 11) is 0. The molecule has 3 heterocycles. The van der Waals surface area contributed by atoms with Crippen LogP contribution in [0.4, 0.5) is 16.2 Å². The van der Waals surface area contributed by atoms with Crippen LogP contribution in [-0.2, 0) is 27.3 Å². The van der Waals surface area contributed by atoms with Crippen LogP contribution in [0.5, 0.6) is 0 Å². The second kappa shape index (κ2) is 7.41. The number of carbonyl (C=O) groups excluding carboxylic acids is 3. The summed E-state index contributed by atoms with van der Waals surface area (Å²) in [6.45, 7) is 0.953. The Morgan fingerprint density at radius 1 is 1.16 bits per heavy atom. The molecule has 2 aromatic rings. The molecule has 2 saturated heterocycles. The van der Waals surface area contributed by atoms with E-state index in [-0.39, 0.29) is 25.3 Å².